The Morgan fingerprint density at radius 3 is 1.80 bits per heavy atom. The number of hydrogen-bond donors (Lipinski definition) is 0. The molecule has 1 aliphatic heterocycles. The van der Waals surface area contributed by atoms with E-state index < -0.39 is 6.55 Å². The van der Waals surface area contributed by atoms with Gasteiger partial charge in [0.1, 0.15) is 0 Å². The van der Waals surface area contributed by atoms with Crippen LogP contribution in [0.5, 0.6) is 0 Å². The third kappa shape index (κ3) is 1.61. The van der Waals surface area contributed by atoms with Crippen molar-refractivity contribution in [3.8, 4) is 0 Å². The maximum Gasteiger partial charge on any atom is 1.00 e. The van der Waals surface area contributed by atoms with Gasteiger partial charge in [-0.1, -0.05) is 54.4 Å². The first-order valence-electron chi connectivity index (χ1n) is 7.43. The third-order valence-electron chi connectivity index (χ3n) is 6.11. The van der Waals surface area contributed by atoms with E-state index >= 15 is 0 Å². The van der Waals surface area contributed by atoms with Gasteiger partial charge < -0.3 is 9.31 Å². The summed E-state index contributed by atoms with van der Waals surface area (Å²) >= 11 is 0. The summed E-state index contributed by atoms with van der Waals surface area (Å²) in [4.78, 5) is 0. The number of fused-ring (bicyclic) bond motifs is 1. The molecule has 20 heavy (non-hydrogen) atoms. The molecule has 0 bridgehead atoms. The fourth-order valence-corrected chi connectivity index (χ4v) is 3.91. The van der Waals surface area contributed by atoms with Crippen LogP contribution in [-0.4, -0.2) is 17.8 Å². The summed E-state index contributed by atoms with van der Waals surface area (Å²) in [5.41, 5.74) is 0.766. The van der Waals surface area contributed by atoms with Crippen molar-refractivity contribution >= 4 is 12.0 Å². The number of benzene rings is 1. The van der Waals surface area contributed by atoms with E-state index in [-0.39, 0.29) is 30.1 Å². The predicted molar refractivity (Wildman–Crippen MR) is 77.6 cm³/mol. The molecule has 0 amide bonds. The van der Waals surface area contributed by atoms with Crippen molar-refractivity contribution in [2.24, 2.45) is 5.92 Å². The molecule has 3 aliphatic rings. The van der Waals surface area contributed by atoms with Gasteiger partial charge in [0.2, 0.25) is 0 Å². The normalized spacial score (nSPS) is 37.7. The molecule has 1 saturated heterocycles. The molecule has 2 nitrogen and oxygen atoms in total. The van der Waals surface area contributed by atoms with Crippen LogP contribution in [0.2, 0.25) is 5.31 Å². The summed E-state index contributed by atoms with van der Waals surface area (Å²) in [6, 6.07) is 10.6. The third-order valence-corrected chi connectivity index (χ3v) is 6.11. The minimum absolute atomic E-state index is 0. The van der Waals surface area contributed by atoms with Crippen molar-refractivity contribution in [1.82, 2.24) is 0 Å². The van der Waals surface area contributed by atoms with E-state index in [9.17, 15) is 0 Å². The Kier molecular flexibility index (Phi) is 2.91. The average Bonchev–Trinajstić information content (AvgIpc) is 3.15. The second-order valence-corrected chi connectivity index (χ2v) is 7.72. The molecule has 0 aromatic heterocycles. The summed E-state index contributed by atoms with van der Waals surface area (Å²) < 4.78 is 13.3. The summed E-state index contributed by atoms with van der Waals surface area (Å²) in [6.45, 7) is 7.33. The Hall–Kier alpha value is -0.198. The Balaban J connectivity index is 0.00000121. The van der Waals surface area contributed by atoms with Crippen LogP contribution in [0.4, 0.5) is 0 Å². The number of hydrogen-bond acceptors (Lipinski definition) is 2. The zero-order valence-corrected chi connectivity index (χ0v) is 13.3. The molecule has 1 heterocycles. The van der Waals surface area contributed by atoms with Crippen molar-refractivity contribution in [2.75, 3.05) is 0 Å². The Morgan fingerprint density at radius 2 is 1.40 bits per heavy atom. The fourth-order valence-electron chi connectivity index (χ4n) is 3.91. The topological polar surface area (TPSA) is 18.5 Å². The maximum absolute atomic E-state index is 6.65. The van der Waals surface area contributed by atoms with E-state index in [1.54, 1.807) is 0 Å². The quantitative estimate of drug-likeness (QED) is 0.706. The van der Waals surface area contributed by atoms with Gasteiger partial charge in [-0.05, 0) is 27.7 Å². The Labute approximate surface area is 133 Å². The standard InChI is InChI=1S/C16H22BO2.Li/c1-14(2)15(3,4)19-17(18-14,16-10-12(16)11-16)13-8-6-5-7-9-13;/h5-9,12H,10-11H2,1-4H3;/q-1;+1. The molecule has 0 radical (unpaired) electrons. The van der Waals surface area contributed by atoms with Gasteiger partial charge in [-0.2, -0.15) is 5.46 Å². The molecule has 0 N–H and O–H groups in total. The zero-order valence-electron chi connectivity index (χ0n) is 13.3. The summed E-state index contributed by atoms with van der Waals surface area (Å²) in [6.07, 6.45) is 2.57. The van der Waals surface area contributed by atoms with E-state index in [4.69, 9.17) is 9.31 Å². The van der Waals surface area contributed by atoms with Crippen LogP contribution in [0.3, 0.4) is 0 Å². The molecular formula is C16H22BLiO2. The molecule has 4 rings (SSSR count). The van der Waals surface area contributed by atoms with Crippen LogP contribution in [-0.2, 0) is 9.31 Å². The van der Waals surface area contributed by atoms with Gasteiger partial charge in [-0.25, -0.2) is 0 Å². The second kappa shape index (κ2) is 3.96. The van der Waals surface area contributed by atoms with E-state index in [1.807, 2.05) is 0 Å². The molecule has 0 unspecified atom stereocenters. The predicted octanol–water partition coefficient (Wildman–Crippen LogP) is 0.108. The second-order valence-electron chi connectivity index (χ2n) is 7.72. The minimum Gasteiger partial charge on any atom is -0.558 e. The van der Waals surface area contributed by atoms with Crippen LogP contribution >= 0.6 is 0 Å². The summed E-state index contributed by atoms with van der Waals surface area (Å²) in [7, 11) is 0. The van der Waals surface area contributed by atoms with Crippen molar-refractivity contribution < 1.29 is 28.2 Å². The molecule has 3 fully saturated rings. The molecule has 102 valence electrons. The van der Waals surface area contributed by atoms with Crippen LogP contribution in [0.15, 0.2) is 30.3 Å². The zero-order chi connectivity index (χ0) is 13.5. The minimum atomic E-state index is -1.32. The smallest absolute Gasteiger partial charge is 0.558 e. The fraction of sp³-hybridized carbons (Fsp3) is 0.625. The van der Waals surface area contributed by atoms with E-state index in [1.165, 1.54) is 18.3 Å². The van der Waals surface area contributed by atoms with Gasteiger partial charge in [0.05, 0.1) is 0 Å². The molecule has 0 spiro atoms. The summed E-state index contributed by atoms with van der Waals surface area (Å²) in [5.74, 6) is 0.845. The van der Waals surface area contributed by atoms with Gasteiger partial charge in [0.25, 0.3) is 6.55 Å². The van der Waals surface area contributed by atoms with Crippen molar-refractivity contribution in [2.45, 2.75) is 57.1 Å². The molecule has 1 aromatic carbocycles. The molecular weight excluding hydrogens is 242 g/mol. The van der Waals surface area contributed by atoms with E-state index in [2.05, 4.69) is 58.0 Å². The molecule has 4 heteroatoms. The van der Waals surface area contributed by atoms with Crippen LogP contribution in [0, 0.1) is 5.92 Å². The largest absolute Gasteiger partial charge is 1.00 e. The van der Waals surface area contributed by atoms with Crippen LogP contribution in [0.25, 0.3) is 0 Å². The average molecular weight is 264 g/mol. The van der Waals surface area contributed by atoms with Crippen molar-refractivity contribution in [1.29, 1.82) is 0 Å². The van der Waals surface area contributed by atoms with Gasteiger partial charge >= 0.3 is 18.9 Å². The van der Waals surface area contributed by atoms with Gasteiger partial charge in [0.15, 0.2) is 0 Å². The first kappa shape index (κ1) is 14.7. The summed E-state index contributed by atoms with van der Waals surface area (Å²) in [5, 5.41) is 0.326. The van der Waals surface area contributed by atoms with E-state index in [0.717, 1.165) is 5.92 Å². The van der Waals surface area contributed by atoms with Crippen molar-refractivity contribution in [3.63, 3.8) is 0 Å². The van der Waals surface area contributed by atoms with Gasteiger partial charge in [-0.15, -0.1) is 0 Å². The molecule has 1 aromatic rings. The monoisotopic (exact) mass is 264 g/mol. The van der Waals surface area contributed by atoms with Gasteiger partial charge in [-0.3, -0.25) is 0 Å². The van der Waals surface area contributed by atoms with Crippen LogP contribution < -0.4 is 24.3 Å². The molecule has 2 aliphatic carbocycles. The van der Waals surface area contributed by atoms with E-state index in [0.29, 0.717) is 5.31 Å². The SMILES string of the molecule is CC1(C)O[B-](c2ccccc2)(C23CC2C3)OC1(C)C.[Li+]. The number of rotatable bonds is 2. The first-order chi connectivity index (χ1) is 8.83. The molecule has 2 saturated carbocycles. The Morgan fingerprint density at radius 1 is 0.950 bits per heavy atom. The van der Waals surface area contributed by atoms with Crippen molar-refractivity contribution in [3.05, 3.63) is 30.3 Å². The molecule has 0 atom stereocenters. The maximum atomic E-state index is 6.65. The van der Waals surface area contributed by atoms with Crippen LogP contribution in [0.1, 0.15) is 40.5 Å². The Bertz CT molecular complexity index is 519. The first-order valence-corrected chi connectivity index (χ1v) is 7.43. The van der Waals surface area contributed by atoms with Gasteiger partial charge in [0, 0.05) is 11.2 Å².